The molecule has 0 bridgehead atoms. The summed E-state index contributed by atoms with van der Waals surface area (Å²) in [7, 11) is 0. The van der Waals surface area contributed by atoms with Gasteiger partial charge in [0.05, 0.1) is 6.42 Å². The molecule has 76 valence electrons. The van der Waals surface area contributed by atoms with Gasteiger partial charge in [-0.1, -0.05) is 15.9 Å². The van der Waals surface area contributed by atoms with E-state index in [2.05, 4.69) is 43.8 Å². The van der Waals surface area contributed by atoms with E-state index in [9.17, 15) is 4.79 Å². The maximum absolute atomic E-state index is 11.3. The van der Waals surface area contributed by atoms with Crippen LogP contribution in [0.1, 0.15) is 12.5 Å². The number of carbonyl (C=O) groups is 1. The Hall–Kier alpha value is -0.100. The highest BCUT2D eigenvalue weighted by Gasteiger charge is 2.05. The summed E-state index contributed by atoms with van der Waals surface area (Å²) in [6.45, 7) is 2.60. The standard InChI is InChI=1S/C10H11BrINO/c1-2-13-10(14)6-7-5-8(11)3-4-9(7)12/h3-5H,2,6H2,1H3,(H,13,14). The average Bonchev–Trinajstić information content (AvgIpc) is 2.12. The number of halogens is 2. The van der Waals surface area contributed by atoms with Gasteiger partial charge in [-0.15, -0.1) is 0 Å². The van der Waals surface area contributed by atoms with Crippen LogP contribution < -0.4 is 5.32 Å². The van der Waals surface area contributed by atoms with Crippen LogP contribution in [0.5, 0.6) is 0 Å². The quantitative estimate of drug-likeness (QED) is 0.818. The SMILES string of the molecule is CCNC(=O)Cc1cc(Br)ccc1I. The predicted octanol–water partition coefficient (Wildman–Crippen LogP) is 2.73. The number of benzene rings is 1. The van der Waals surface area contributed by atoms with E-state index in [4.69, 9.17) is 0 Å². The van der Waals surface area contributed by atoms with E-state index in [1.165, 1.54) is 0 Å². The highest BCUT2D eigenvalue weighted by Crippen LogP contribution is 2.18. The molecule has 1 rings (SSSR count). The molecule has 0 saturated heterocycles. The van der Waals surface area contributed by atoms with Crippen molar-refractivity contribution < 1.29 is 4.79 Å². The van der Waals surface area contributed by atoms with Gasteiger partial charge in [0.2, 0.25) is 5.91 Å². The van der Waals surface area contributed by atoms with Crippen LogP contribution in [0.2, 0.25) is 0 Å². The maximum Gasteiger partial charge on any atom is 0.224 e. The van der Waals surface area contributed by atoms with Crippen molar-refractivity contribution in [3.05, 3.63) is 31.8 Å². The van der Waals surface area contributed by atoms with Crippen molar-refractivity contribution in [2.45, 2.75) is 13.3 Å². The molecule has 0 heterocycles. The first-order valence-corrected chi connectivity index (χ1v) is 6.21. The van der Waals surface area contributed by atoms with E-state index in [0.717, 1.165) is 13.6 Å². The zero-order valence-corrected chi connectivity index (χ0v) is 11.6. The number of likely N-dealkylation sites (N-methyl/N-ethyl adjacent to an activating group) is 1. The highest BCUT2D eigenvalue weighted by molar-refractivity contribution is 14.1. The van der Waals surface area contributed by atoms with Gasteiger partial charge in [0, 0.05) is 14.6 Å². The summed E-state index contributed by atoms with van der Waals surface area (Å²) < 4.78 is 2.13. The second-order valence-corrected chi connectivity index (χ2v) is 4.94. The Balaban J connectivity index is 2.75. The first kappa shape index (κ1) is 12.0. The third-order valence-electron chi connectivity index (χ3n) is 1.73. The number of amides is 1. The van der Waals surface area contributed by atoms with Crippen molar-refractivity contribution in [3.63, 3.8) is 0 Å². The van der Waals surface area contributed by atoms with Crippen LogP contribution in [0, 0.1) is 3.57 Å². The molecule has 14 heavy (non-hydrogen) atoms. The molecular weight excluding hydrogens is 357 g/mol. The van der Waals surface area contributed by atoms with Crippen LogP contribution >= 0.6 is 38.5 Å². The van der Waals surface area contributed by atoms with Gasteiger partial charge in [0.25, 0.3) is 0 Å². The fourth-order valence-electron chi connectivity index (χ4n) is 1.11. The Kier molecular flexibility index (Phi) is 4.88. The third kappa shape index (κ3) is 3.57. The summed E-state index contributed by atoms with van der Waals surface area (Å²) in [4.78, 5) is 11.3. The molecule has 0 aliphatic carbocycles. The van der Waals surface area contributed by atoms with Crippen molar-refractivity contribution in [3.8, 4) is 0 Å². The predicted molar refractivity (Wildman–Crippen MR) is 69.2 cm³/mol. The van der Waals surface area contributed by atoms with Gasteiger partial charge in [0.15, 0.2) is 0 Å². The zero-order valence-electron chi connectivity index (χ0n) is 7.81. The van der Waals surface area contributed by atoms with Gasteiger partial charge in [-0.3, -0.25) is 4.79 Å². The van der Waals surface area contributed by atoms with Crippen molar-refractivity contribution in [1.29, 1.82) is 0 Å². The van der Waals surface area contributed by atoms with E-state index in [0.29, 0.717) is 13.0 Å². The molecule has 0 fully saturated rings. The van der Waals surface area contributed by atoms with E-state index < -0.39 is 0 Å². The summed E-state index contributed by atoms with van der Waals surface area (Å²) in [6, 6.07) is 5.96. The van der Waals surface area contributed by atoms with Crippen LogP contribution in [0.15, 0.2) is 22.7 Å². The molecule has 4 heteroatoms. The molecule has 1 amide bonds. The average molecular weight is 368 g/mol. The lowest BCUT2D eigenvalue weighted by Gasteiger charge is -2.05. The molecule has 0 aromatic heterocycles. The Morgan fingerprint density at radius 2 is 2.29 bits per heavy atom. The Labute approximate surface area is 106 Å². The Bertz CT molecular complexity index is 341. The fourth-order valence-corrected chi connectivity index (χ4v) is 2.05. The normalized spacial score (nSPS) is 9.93. The van der Waals surface area contributed by atoms with Gasteiger partial charge >= 0.3 is 0 Å². The van der Waals surface area contributed by atoms with Gasteiger partial charge < -0.3 is 5.32 Å². The van der Waals surface area contributed by atoms with Gasteiger partial charge in [-0.05, 0) is 53.3 Å². The van der Waals surface area contributed by atoms with Crippen LogP contribution in [0.25, 0.3) is 0 Å². The fraction of sp³-hybridized carbons (Fsp3) is 0.300. The molecule has 1 N–H and O–H groups in total. The largest absolute Gasteiger partial charge is 0.356 e. The van der Waals surface area contributed by atoms with E-state index in [1.54, 1.807) is 0 Å². The zero-order chi connectivity index (χ0) is 10.6. The van der Waals surface area contributed by atoms with Crippen LogP contribution in [0.4, 0.5) is 0 Å². The molecule has 0 saturated carbocycles. The summed E-state index contributed by atoms with van der Waals surface area (Å²) in [5.41, 5.74) is 1.06. The number of rotatable bonds is 3. The highest BCUT2D eigenvalue weighted by atomic mass is 127. The van der Waals surface area contributed by atoms with Crippen molar-refractivity contribution in [2.75, 3.05) is 6.54 Å². The van der Waals surface area contributed by atoms with E-state index in [-0.39, 0.29) is 5.91 Å². The molecule has 0 atom stereocenters. The third-order valence-corrected chi connectivity index (χ3v) is 3.28. The lowest BCUT2D eigenvalue weighted by molar-refractivity contribution is -0.120. The molecule has 1 aromatic carbocycles. The van der Waals surface area contributed by atoms with E-state index >= 15 is 0 Å². The summed E-state index contributed by atoms with van der Waals surface area (Å²) in [6.07, 6.45) is 0.450. The number of carbonyl (C=O) groups excluding carboxylic acids is 1. The van der Waals surface area contributed by atoms with Gasteiger partial charge in [-0.25, -0.2) is 0 Å². The van der Waals surface area contributed by atoms with Crippen LogP contribution in [-0.4, -0.2) is 12.5 Å². The monoisotopic (exact) mass is 367 g/mol. The molecule has 0 radical (unpaired) electrons. The second kappa shape index (κ2) is 5.70. The van der Waals surface area contributed by atoms with Crippen molar-refractivity contribution in [1.82, 2.24) is 5.32 Å². The number of nitrogens with one attached hydrogen (secondary N) is 1. The lowest BCUT2D eigenvalue weighted by Crippen LogP contribution is -2.24. The molecular formula is C10H11BrINO. The Morgan fingerprint density at radius 1 is 1.57 bits per heavy atom. The second-order valence-electron chi connectivity index (χ2n) is 2.87. The summed E-state index contributed by atoms with van der Waals surface area (Å²) >= 11 is 5.63. The maximum atomic E-state index is 11.3. The molecule has 2 nitrogen and oxygen atoms in total. The first-order chi connectivity index (χ1) is 6.63. The lowest BCUT2D eigenvalue weighted by atomic mass is 10.1. The van der Waals surface area contributed by atoms with Crippen molar-refractivity contribution in [2.24, 2.45) is 0 Å². The van der Waals surface area contributed by atoms with Crippen molar-refractivity contribution >= 4 is 44.4 Å². The summed E-state index contributed by atoms with van der Waals surface area (Å²) in [5.74, 6) is 0.0727. The van der Waals surface area contributed by atoms with Crippen LogP contribution in [0.3, 0.4) is 0 Å². The van der Waals surface area contributed by atoms with Crippen LogP contribution in [-0.2, 0) is 11.2 Å². The minimum absolute atomic E-state index is 0.0727. The molecule has 0 unspecified atom stereocenters. The molecule has 0 spiro atoms. The Morgan fingerprint density at radius 3 is 2.93 bits per heavy atom. The minimum Gasteiger partial charge on any atom is -0.356 e. The number of hydrogen-bond acceptors (Lipinski definition) is 1. The molecule has 1 aromatic rings. The van der Waals surface area contributed by atoms with Gasteiger partial charge in [0.1, 0.15) is 0 Å². The molecule has 0 aliphatic heterocycles. The minimum atomic E-state index is 0.0727. The first-order valence-electron chi connectivity index (χ1n) is 4.34. The van der Waals surface area contributed by atoms with Gasteiger partial charge in [-0.2, -0.15) is 0 Å². The summed E-state index contributed by atoms with van der Waals surface area (Å²) in [5, 5.41) is 2.78. The molecule has 0 aliphatic rings. The smallest absolute Gasteiger partial charge is 0.224 e. The van der Waals surface area contributed by atoms with E-state index in [1.807, 2.05) is 25.1 Å². The topological polar surface area (TPSA) is 29.1 Å². The number of hydrogen-bond donors (Lipinski definition) is 1.